The van der Waals surface area contributed by atoms with E-state index in [4.69, 9.17) is 4.74 Å². The van der Waals surface area contributed by atoms with Crippen LogP contribution in [0.2, 0.25) is 0 Å². The molecule has 4 nitrogen and oxygen atoms in total. The fraction of sp³-hybridized carbons (Fsp3) is 0.321. The number of fused-ring (bicyclic) bond motifs is 2. The molecule has 0 saturated heterocycles. The second-order valence-electron chi connectivity index (χ2n) is 9.56. The maximum atomic E-state index is 15.1. The van der Waals surface area contributed by atoms with Crippen LogP contribution in [0.1, 0.15) is 47.3 Å². The van der Waals surface area contributed by atoms with E-state index in [9.17, 15) is 4.79 Å². The zero-order chi connectivity index (χ0) is 23.9. The molecule has 176 valence electrons. The average Bonchev–Trinajstić information content (AvgIpc) is 3.16. The molecule has 0 fully saturated rings. The first-order valence-electron chi connectivity index (χ1n) is 11.6. The zero-order valence-electron chi connectivity index (χ0n) is 19.8. The molecule has 0 spiro atoms. The second-order valence-corrected chi connectivity index (χ2v) is 10.4. The monoisotopic (exact) mass is 476 g/mol. The molecule has 1 amide bonds. The molecule has 0 radical (unpaired) electrons. The molecule has 1 heterocycles. The molecule has 3 aromatic carbocycles. The fourth-order valence-electron chi connectivity index (χ4n) is 4.99. The Hall–Kier alpha value is -2.99. The summed E-state index contributed by atoms with van der Waals surface area (Å²) >= 11 is 1.69. The minimum Gasteiger partial charge on any atom is -0.490 e. The molecule has 5 rings (SSSR count). The molecule has 1 N–H and O–H groups in total. The number of nitrogens with one attached hydrogen (secondary N) is 1. The SMILES string of the molecule is CSc1ccc(CNC(=O)c2ccc3c(c2)OCCN3c2cc(F)c3c(c2)CCC3(C)C)cc1. The number of halogens is 1. The van der Waals surface area contributed by atoms with E-state index in [1.807, 2.05) is 24.5 Å². The molecular formula is C28H29FN2O2S. The summed E-state index contributed by atoms with van der Waals surface area (Å²) in [6, 6.07) is 17.4. The molecule has 0 atom stereocenters. The first-order valence-corrected chi connectivity index (χ1v) is 12.9. The van der Waals surface area contributed by atoms with Crippen molar-refractivity contribution in [2.24, 2.45) is 0 Å². The molecule has 1 aliphatic carbocycles. The van der Waals surface area contributed by atoms with E-state index in [-0.39, 0.29) is 17.1 Å². The third-order valence-electron chi connectivity index (χ3n) is 6.86. The van der Waals surface area contributed by atoms with Crippen molar-refractivity contribution in [1.82, 2.24) is 5.32 Å². The Morgan fingerprint density at radius 1 is 1.15 bits per heavy atom. The van der Waals surface area contributed by atoms with Crippen molar-refractivity contribution in [3.8, 4) is 5.75 Å². The Morgan fingerprint density at radius 2 is 1.94 bits per heavy atom. The summed E-state index contributed by atoms with van der Waals surface area (Å²) in [7, 11) is 0. The zero-order valence-corrected chi connectivity index (χ0v) is 20.6. The summed E-state index contributed by atoms with van der Waals surface area (Å²) in [4.78, 5) is 16.1. The molecule has 34 heavy (non-hydrogen) atoms. The predicted octanol–water partition coefficient (Wildman–Crippen LogP) is 6.23. The molecule has 0 aromatic heterocycles. The van der Waals surface area contributed by atoms with Gasteiger partial charge in [0, 0.05) is 22.7 Å². The van der Waals surface area contributed by atoms with Gasteiger partial charge in [-0.25, -0.2) is 4.39 Å². The van der Waals surface area contributed by atoms with Gasteiger partial charge < -0.3 is 15.0 Å². The highest BCUT2D eigenvalue weighted by Gasteiger charge is 2.34. The summed E-state index contributed by atoms with van der Waals surface area (Å²) in [5.74, 6) is 0.359. The normalized spacial score (nSPS) is 15.9. The van der Waals surface area contributed by atoms with Crippen LogP contribution in [0.25, 0.3) is 0 Å². The van der Waals surface area contributed by atoms with Gasteiger partial charge in [-0.05, 0) is 83.7 Å². The summed E-state index contributed by atoms with van der Waals surface area (Å²) < 4.78 is 21.0. The molecular weight excluding hydrogens is 447 g/mol. The molecule has 3 aromatic rings. The van der Waals surface area contributed by atoms with Gasteiger partial charge >= 0.3 is 0 Å². The first kappa shape index (κ1) is 22.8. The van der Waals surface area contributed by atoms with Crippen molar-refractivity contribution in [2.75, 3.05) is 24.3 Å². The lowest BCUT2D eigenvalue weighted by Gasteiger charge is -2.32. The standard InChI is InChI=1S/C28H29FN2O2S/c1-28(2)11-10-19-14-21(16-23(29)26(19)28)31-12-13-33-25-15-20(6-9-24(25)31)27(32)30-17-18-4-7-22(34-3)8-5-18/h4-9,14-16H,10-13,17H2,1-3H3,(H,30,32). The van der Waals surface area contributed by atoms with Gasteiger partial charge in [-0.3, -0.25) is 4.79 Å². The van der Waals surface area contributed by atoms with Crippen molar-refractivity contribution in [1.29, 1.82) is 0 Å². The van der Waals surface area contributed by atoms with E-state index < -0.39 is 0 Å². The van der Waals surface area contributed by atoms with E-state index >= 15 is 4.39 Å². The number of anilines is 2. The van der Waals surface area contributed by atoms with Gasteiger partial charge in [-0.15, -0.1) is 11.8 Å². The van der Waals surface area contributed by atoms with Crippen LogP contribution < -0.4 is 15.0 Å². The van der Waals surface area contributed by atoms with Crippen LogP contribution in [0.15, 0.2) is 59.5 Å². The Labute approximate surface area is 204 Å². The van der Waals surface area contributed by atoms with Crippen LogP contribution in [0.5, 0.6) is 5.75 Å². The summed E-state index contributed by atoms with van der Waals surface area (Å²) in [5.41, 5.74) is 5.10. The topological polar surface area (TPSA) is 41.6 Å². The summed E-state index contributed by atoms with van der Waals surface area (Å²) in [6.07, 6.45) is 3.89. The quantitative estimate of drug-likeness (QED) is 0.443. The Morgan fingerprint density at radius 3 is 2.71 bits per heavy atom. The molecule has 6 heteroatoms. The number of thioether (sulfide) groups is 1. The predicted molar refractivity (Wildman–Crippen MR) is 136 cm³/mol. The van der Waals surface area contributed by atoms with Crippen LogP contribution in [0, 0.1) is 5.82 Å². The number of nitrogens with zero attached hydrogens (tertiary/aromatic N) is 1. The first-order chi connectivity index (χ1) is 16.4. The van der Waals surface area contributed by atoms with Gasteiger partial charge in [-0.1, -0.05) is 26.0 Å². The number of hydrogen-bond donors (Lipinski definition) is 1. The molecule has 2 aliphatic rings. The van der Waals surface area contributed by atoms with Gasteiger partial charge in [0.2, 0.25) is 0 Å². The minimum absolute atomic E-state index is 0.125. The van der Waals surface area contributed by atoms with Crippen molar-refractivity contribution in [3.63, 3.8) is 0 Å². The highest BCUT2D eigenvalue weighted by molar-refractivity contribution is 7.98. The number of aryl methyl sites for hydroxylation is 1. The van der Waals surface area contributed by atoms with Gasteiger partial charge in [0.25, 0.3) is 5.91 Å². The largest absolute Gasteiger partial charge is 0.490 e. The van der Waals surface area contributed by atoms with Crippen LogP contribution in [-0.4, -0.2) is 25.3 Å². The van der Waals surface area contributed by atoms with E-state index in [2.05, 4.69) is 42.3 Å². The molecule has 0 saturated carbocycles. The lowest BCUT2D eigenvalue weighted by molar-refractivity contribution is 0.0950. The van der Waals surface area contributed by atoms with Crippen molar-refractivity contribution < 1.29 is 13.9 Å². The number of carbonyl (C=O) groups is 1. The third-order valence-corrected chi connectivity index (χ3v) is 7.61. The Bertz CT molecular complexity index is 1240. The number of hydrogen-bond acceptors (Lipinski definition) is 4. The number of ether oxygens (including phenoxy) is 1. The second kappa shape index (κ2) is 8.99. The lowest BCUT2D eigenvalue weighted by atomic mass is 9.86. The number of amides is 1. The van der Waals surface area contributed by atoms with E-state index in [0.717, 1.165) is 40.9 Å². The highest BCUT2D eigenvalue weighted by atomic mass is 32.2. The maximum absolute atomic E-state index is 15.1. The molecule has 1 aliphatic heterocycles. The lowest BCUT2D eigenvalue weighted by Crippen LogP contribution is -2.29. The smallest absolute Gasteiger partial charge is 0.251 e. The number of benzene rings is 3. The van der Waals surface area contributed by atoms with Crippen molar-refractivity contribution >= 4 is 29.0 Å². The highest BCUT2D eigenvalue weighted by Crippen LogP contribution is 2.44. The molecule has 0 unspecified atom stereocenters. The van der Waals surface area contributed by atoms with Crippen LogP contribution >= 0.6 is 11.8 Å². The van der Waals surface area contributed by atoms with Crippen LogP contribution in [-0.2, 0) is 18.4 Å². The van der Waals surface area contributed by atoms with Gasteiger partial charge in [0.15, 0.2) is 0 Å². The van der Waals surface area contributed by atoms with Crippen LogP contribution in [0.4, 0.5) is 15.8 Å². The average molecular weight is 477 g/mol. The van der Waals surface area contributed by atoms with Gasteiger partial charge in [0.1, 0.15) is 18.2 Å². The van der Waals surface area contributed by atoms with Gasteiger partial charge in [0.05, 0.1) is 12.2 Å². The molecule has 0 bridgehead atoms. The van der Waals surface area contributed by atoms with E-state index in [1.165, 1.54) is 4.90 Å². The Balaban J connectivity index is 1.35. The fourth-order valence-corrected chi connectivity index (χ4v) is 5.40. The van der Waals surface area contributed by atoms with Crippen molar-refractivity contribution in [3.05, 3.63) is 82.7 Å². The minimum atomic E-state index is -0.150. The van der Waals surface area contributed by atoms with Crippen LogP contribution in [0.3, 0.4) is 0 Å². The summed E-state index contributed by atoms with van der Waals surface area (Å²) in [5, 5.41) is 2.98. The van der Waals surface area contributed by atoms with E-state index in [0.29, 0.717) is 31.0 Å². The maximum Gasteiger partial charge on any atom is 0.251 e. The summed E-state index contributed by atoms with van der Waals surface area (Å²) in [6.45, 7) is 5.79. The van der Waals surface area contributed by atoms with E-state index in [1.54, 1.807) is 30.0 Å². The number of carbonyl (C=O) groups excluding carboxylic acids is 1. The number of rotatable bonds is 5. The Kier molecular flexibility index (Phi) is 6.02. The third kappa shape index (κ3) is 4.27. The van der Waals surface area contributed by atoms with Crippen molar-refractivity contribution in [2.45, 2.75) is 43.5 Å². The van der Waals surface area contributed by atoms with Gasteiger partial charge in [-0.2, -0.15) is 0 Å².